The molecule has 0 bridgehead atoms. The molecule has 0 amide bonds. The number of benzene rings is 1. The molecule has 4 aromatic heterocycles. The average Bonchev–Trinajstić information content (AvgIpc) is 3.15. The maximum absolute atomic E-state index is 8.71. The third kappa shape index (κ3) is 3.68. The molecule has 0 saturated heterocycles. The second-order valence-electron chi connectivity index (χ2n) is 8.43. The van der Waals surface area contributed by atoms with Gasteiger partial charge < -0.3 is 18.9 Å². The zero-order chi connectivity index (χ0) is 23.1. The van der Waals surface area contributed by atoms with Crippen LogP contribution in [-0.2, 0) is 7.05 Å². The molecular formula is C26H22N4O4. The van der Waals surface area contributed by atoms with Crippen LogP contribution in [0.1, 0.15) is 12.8 Å². The van der Waals surface area contributed by atoms with Gasteiger partial charge in [0.1, 0.15) is 12.2 Å². The largest absolute Gasteiger partial charge is 0.474 e. The molecule has 1 aliphatic rings. The van der Waals surface area contributed by atoms with Crippen molar-refractivity contribution in [3.63, 3.8) is 0 Å². The Labute approximate surface area is 195 Å². The Morgan fingerprint density at radius 1 is 0.824 bits per heavy atom. The molecule has 1 saturated carbocycles. The quantitative estimate of drug-likeness (QED) is 0.284. The molecule has 8 nitrogen and oxygen atoms in total. The second-order valence-corrected chi connectivity index (χ2v) is 8.43. The van der Waals surface area contributed by atoms with E-state index in [0.29, 0.717) is 11.8 Å². The van der Waals surface area contributed by atoms with Gasteiger partial charge in [0.05, 0.1) is 5.52 Å². The van der Waals surface area contributed by atoms with E-state index in [-0.39, 0.29) is 18.1 Å². The summed E-state index contributed by atoms with van der Waals surface area (Å²) < 4.78 is 14.0. The molecule has 0 spiro atoms. The van der Waals surface area contributed by atoms with Crippen LogP contribution >= 0.6 is 0 Å². The van der Waals surface area contributed by atoms with Crippen LogP contribution in [0.5, 0.6) is 17.6 Å². The molecule has 170 valence electrons. The van der Waals surface area contributed by atoms with Crippen molar-refractivity contribution in [2.75, 3.05) is 0 Å². The Morgan fingerprint density at radius 3 is 2.41 bits per heavy atom. The molecule has 5 aromatic rings. The molecule has 1 N–H and O–H groups in total. The topological polar surface area (TPSA) is 91.5 Å². The Balaban J connectivity index is 1.11. The number of fused-ring (bicyclic) bond motifs is 3. The van der Waals surface area contributed by atoms with Gasteiger partial charge in [0, 0.05) is 78.5 Å². The molecule has 6 rings (SSSR count). The normalized spacial score (nSPS) is 17.5. The number of pyridine rings is 3. The van der Waals surface area contributed by atoms with Crippen molar-refractivity contribution in [2.45, 2.75) is 25.0 Å². The number of nitrogens with zero attached hydrogens (tertiary/aromatic N) is 4. The third-order valence-corrected chi connectivity index (χ3v) is 6.30. The highest BCUT2D eigenvalue weighted by Crippen LogP contribution is 2.32. The summed E-state index contributed by atoms with van der Waals surface area (Å²) in [6.07, 6.45) is 7.11. The van der Waals surface area contributed by atoms with E-state index < -0.39 is 0 Å². The van der Waals surface area contributed by atoms with Crippen LogP contribution in [0.25, 0.3) is 32.9 Å². The Morgan fingerprint density at radius 2 is 1.62 bits per heavy atom. The van der Waals surface area contributed by atoms with Crippen molar-refractivity contribution in [3.8, 4) is 28.8 Å². The number of rotatable bonds is 6. The minimum atomic E-state index is 0.00782. The lowest BCUT2D eigenvalue weighted by Crippen LogP contribution is -2.41. The summed E-state index contributed by atoms with van der Waals surface area (Å²) in [7, 11) is 2.08. The fourth-order valence-corrected chi connectivity index (χ4v) is 4.42. The minimum absolute atomic E-state index is 0.00782. The highest BCUT2D eigenvalue weighted by molar-refractivity contribution is 6.08. The molecular weight excluding hydrogens is 432 g/mol. The van der Waals surface area contributed by atoms with Crippen LogP contribution in [0.15, 0.2) is 73.2 Å². The van der Waals surface area contributed by atoms with E-state index in [1.807, 2.05) is 36.8 Å². The summed E-state index contributed by atoms with van der Waals surface area (Å²) in [6, 6.07) is 17.4. The summed E-state index contributed by atoms with van der Waals surface area (Å²) in [4.78, 5) is 17.0. The van der Waals surface area contributed by atoms with Gasteiger partial charge in [-0.2, -0.15) is 4.98 Å². The van der Waals surface area contributed by atoms with Gasteiger partial charge in [0.25, 0.3) is 5.88 Å². The van der Waals surface area contributed by atoms with Crippen LogP contribution in [-0.4, -0.2) is 37.0 Å². The number of hydrogen-bond donors (Lipinski definition) is 1. The summed E-state index contributed by atoms with van der Waals surface area (Å²) in [6.45, 7) is 0. The van der Waals surface area contributed by atoms with E-state index in [0.717, 1.165) is 40.4 Å². The van der Waals surface area contributed by atoms with E-state index in [4.69, 9.17) is 14.7 Å². The van der Waals surface area contributed by atoms with Gasteiger partial charge in [-0.05, 0) is 23.8 Å². The summed E-state index contributed by atoms with van der Waals surface area (Å²) >= 11 is 0. The van der Waals surface area contributed by atoms with E-state index in [1.165, 1.54) is 5.39 Å². The average molecular weight is 454 g/mol. The van der Waals surface area contributed by atoms with Gasteiger partial charge in [-0.3, -0.25) is 4.98 Å². The van der Waals surface area contributed by atoms with E-state index in [9.17, 15) is 0 Å². The van der Waals surface area contributed by atoms with Crippen LogP contribution in [0.2, 0.25) is 0 Å². The van der Waals surface area contributed by atoms with E-state index in [2.05, 4.69) is 49.7 Å². The number of aryl methyl sites for hydroxylation is 1. The fourth-order valence-electron chi connectivity index (χ4n) is 4.42. The molecule has 1 aromatic carbocycles. The molecule has 1 aliphatic carbocycles. The lowest BCUT2D eigenvalue weighted by Gasteiger charge is -2.34. The molecule has 0 aliphatic heterocycles. The van der Waals surface area contributed by atoms with Crippen LogP contribution in [0.4, 0.5) is 0 Å². The van der Waals surface area contributed by atoms with Crippen LogP contribution < -0.4 is 14.4 Å². The Bertz CT molecular complexity index is 1480. The predicted octanol–water partition coefficient (Wildman–Crippen LogP) is 5.02. The van der Waals surface area contributed by atoms with E-state index in [1.54, 1.807) is 18.2 Å². The maximum Gasteiger partial charge on any atom is 0.259 e. The van der Waals surface area contributed by atoms with Crippen LogP contribution in [0.3, 0.4) is 0 Å². The van der Waals surface area contributed by atoms with Crippen molar-refractivity contribution < 1.29 is 19.6 Å². The zero-order valence-electron chi connectivity index (χ0n) is 18.5. The highest BCUT2D eigenvalue weighted by atomic mass is 17.1. The third-order valence-electron chi connectivity index (χ3n) is 6.30. The number of hydrogen-bond acceptors (Lipinski definition) is 7. The SMILES string of the molecule is Cn1c2ccncc2c2ccc(-c3ccc(O[C@H]4C[C@H](Oc5cccc(OO)n5)C4)nc3)cc21. The smallest absolute Gasteiger partial charge is 0.259 e. The highest BCUT2D eigenvalue weighted by Gasteiger charge is 2.33. The summed E-state index contributed by atoms with van der Waals surface area (Å²) in [5.41, 5.74) is 4.46. The first kappa shape index (κ1) is 20.4. The van der Waals surface area contributed by atoms with Gasteiger partial charge in [-0.15, -0.1) is 0 Å². The molecule has 0 radical (unpaired) electrons. The molecule has 34 heavy (non-hydrogen) atoms. The summed E-state index contributed by atoms with van der Waals surface area (Å²) in [5, 5.41) is 11.0. The molecule has 0 unspecified atom stereocenters. The summed E-state index contributed by atoms with van der Waals surface area (Å²) in [5.74, 6) is 1.11. The number of ether oxygens (including phenoxy) is 2. The van der Waals surface area contributed by atoms with Crippen molar-refractivity contribution in [3.05, 3.63) is 73.2 Å². The minimum Gasteiger partial charge on any atom is -0.474 e. The predicted molar refractivity (Wildman–Crippen MR) is 127 cm³/mol. The van der Waals surface area contributed by atoms with Crippen molar-refractivity contribution in [2.24, 2.45) is 7.05 Å². The van der Waals surface area contributed by atoms with Gasteiger partial charge in [-0.1, -0.05) is 18.2 Å². The first-order valence-electron chi connectivity index (χ1n) is 11.1. The van der Waals surface area contributed by atoms with Crippen molar-refractivity contribution >= 4 is 21.8 Å². The Hall–Kier alpha value is -4.17. The molecule has 0 atom stereocenters. The van der Waals surface area contributed by atoms with Gasteiger partial charge in [0.15, 0.2) is 0 Å². The first-order valence-corrected chi connectivity index (χ1v) is 11.1. The lowest BCUT2D eigenvalue weighted by atomic mass is 9.92. The standard InChI is InChI=1S/C26H22N4O4/c1-30-22-9-10-27-15-21(22)20-7-5-16(11-23(20)30)17-6-8-24(28-14-17)32-18-12-19(13-18)33-25-3-2-4-26(29-25)34-31/h2-11,14-15,18-19,31H,12-13H2,1H3/t18-,19-. The number of aromatic nitrogens is 4. The first-order chi connectivity index (χ1) is 16.7. The zero-order valence-corrected chi connectivity index (χ0v) is 18.5. The molecule has 1 fully saturated rings. The van der Waals surface area contributed by atoms with Gasteiger partial charge in [-0.25, -0.2) is 10.2 Å². The molecule has 8 heteroatoms. The van der Waals surface area contributed by atoms with E-state index >= 15 is 0 Å². The van der Waals surface area contributed by atoms with Crippen molar-refractivity contribution in [1.82, 2.24) is 19.5 Å². The second kappa shape index (κ2) is 8.31. The maximum atomic E-state index is 8.71. The lowest BCUT2D eigenvalue weighted by molar-refractivity contribution is -0.142. The van der Waals surface area contributed by atoms with Crippen LogP contribution in [0, 0.1) is 0 Å². The van der Waals surface area contributed by atoms with Gasteiger partial charge >= 0.3 is 0 Å². The fraction of sp³-hybridized carbons (Fsp3) is 0.192. The molecule has 4 heterocycles. The van der Waals surface area contributed by atoms with Gasteiger partial charge in [0.2, 0.25) is 11.8 Å². The monoisotopic (exact) mass is 454 g/mol. The Kier molecular flexibility index (Phi) is 5.00. The van der Waals surface area contributed by atoms with Crippen molar-refractivity contribution in [1.29, 1.82) is 0 Å².